The second-order valence-electron chi connectivity index (χ2n) is 37.0. The number of rotatable bonds is 8. The molecule has 99 heavy (non-hydrogen) atoms. The molecule has 0 nitrogen and oxygen atoms in total. The van der Waals surface area contributed by atoms with E-state index >= 15 is 0 Å². The first kappa shape index (κ1) is 71.5. The van der Waals surface area contributed by atoms with Crippen LogP contribution in [0.25, 0.3) is 0 Å². The van der Waals surface area contributed by atoms with Crippen LogP contribution in [0, 0.1) is 55.4 Å². The van der Waals surface area contributed by atoms with E-state index in [-0.39, 0.29) is 23.7 Å². The Morgan fingerprint density at radius 3 is 0.626 bits per heavy atom. The number of fused-ring (bicyclic) bond motifs is 8. The van der Waals surface area contributed by atoms with Crippen molar-refractivity contribution in [2.24, 2.45) is 0 Å². The molecule has 2 aliphatic heterocycles. The molecule has 9 heteroatoms. The summed E-state index contributed by atoms with van der Waals surface area (Å²) >= 11 is -7.89. The average molecular weight is 1610 g/mol. The van der Waals surface area contributed by atoms with Gasteiger partial charge >= 0.3 is 616 Å². The van der Waals surface area contributed by atoms with Crippen LogP contribution in [0.2, 0.25) is 103 Å². The van der Waals surface area contributed by atoms with Crippen LogP contribution in [0.3, 0.4) is 0 Å². The molecule has 14 rings (SSSR count). The Kier molecular flexibility index (Phi) is 16.2. The molecule has 0 bridgehead atoms. The van der Waals surface area contributed by atoms with E-state index in [4.69, 9.17) is 0 Å². The van der Waals surface area contributed by atoms with Crippen LogP contribution in [-0.4, -0.2) is 49.9 Å². The van der Waals surface area contributed by atoms with E-state index in [0.29, 0.717) is 0 Å². The number of hydrogen-bond acceptors (Lipinski definition) is 0. The molecule has 5 spiro atoms. The SMILES string of the molecule is CC1=CC2=C(C=CC=CC2c2cc(C)c([Si](C)(C)C)c(C)c2)[C]12[SiH](C)[C]1(C(C)=CC3=C1C=CC=CC3c1cc(C)c([Si](C)(C)C)c(C)c1)[Hf]21([Cl])([Cl])[C]2(C(C)=CC3=C2C=CC=CC3c2cc(C)c([Si](C)(C)C)c(C)c2)[SiH](C)[C]12C(C)=CC1=C2C=CC=CC1c1cc(C)c([Si](C)(C)C)c(C)c1. The molecule has 2 fully saturated rings. The summed E-state index contributed by atoms with van der Waals surface area (Å²) in [6, 6.07) is 20.6. The topological polar surface area (TPSA) is 0 Å². The van der Waals surface area contributed by atoms with E-state index in [1.807, 2.05) is 0 Å². The van der Waals surface area contributed by atoms with Crippen LogP contribution in [0.4, 0.5) is 0 Å². The van der Waals surface area contributed by atoms with E-state index in [9.17, 15) is 17.2 Å². The van der Waals surface area contributed by atoms with Crippen molar-refractivity contribution in [1.82, 2.24) is 0 Å². The van der Waals surface area contributed by atoms with Gasteiger partial charge in [-0.15, -0.1) is 0 Å². The Balaban J connectivity index is 1.19. The van der Waals surface area contributed by atoms with Crippen molar-refractivity contribution in [2.75, 3.05) is 0 Å². The van der Waals surface area contributed by atoms with Gasteiger partial charge in [-0.05, 0) is 0 Å². The zero-order chi connectivity index (χ0) is 71.8. The molecule has 0 N–H and O–H groups in total. The van der Waals surface area contributed by atoms with Gasteiger partial charge in [-0.1, -0.05) is 0 Å². The molecular weight excluding hydrogens is 1500 g/mol. The number of hydrogen-bond donors (Lipinski definition) is 0. The third-order valence-electron chi connectivity index (χ3n) is 27.8. The van der Waals surface area contributed by atoms with E-state index in [0.717, 1.165) is 0 Å². The van der Waals surface area contributed by atoms with Gasteiger partial charge in [-0.25, -0.2) is 0 Å². The minimum atomic E-state index is -7.89. The molecule has 2 heterocycles. The van der Waals surface area contributed by atoms with Gasteiger partial charge in [-0.2, -0.15) is 0 Å². The fourth-order valence-corrected chi connectivity index (χ4v) is 209. The van der Waals surface area contributed by atoms with Crippen LogP contribution in [0.15, 0.2) is 237 Å². The molecule has 514 valence electrons. The van der Waals surface area contributed by atoms with Crippen LogP contribution in [0.1, 0.15) is 118 Å². The summed E-state index contributed by atoms with van der Waals surface area (Å²) in [7, 11) is 11.5. The Hall–Kier alpha value is -4.53. The number of benzene rings is 4. The Bertz CT molecular complexity index is 4230. The van der Waals surface area contributed by atoms with Gasteiger partial charge < -0.3 is 0 Å². The molecule has 0 aromatic heterocycles. The molecule has 0 saturated carbocycles. The second-order valence-corrected chi connectivity index (χ2v) is 111. The maximum absolute atomic E-state index is 11.7. The molecule has 4 aromatic carbocycles. The minimum absolute atomic E-state index is 0.00771. The molecule has 0 amide bonds. The first-order valence-corrected chi connectivity index (χ1v) is 72.1. The molecular formula is C90H112Cl2HfSi6. The first-order valence-electron chi connectivity index (χ1n) is 37.4. The number of halogens is 2. The summed E-state index contributed by atoms with van der Waals surface area (Å²) in [6.45, 7) is 65.3. The summed E-state index contributed by atoms with van der Waals surface area (Å²) in [5, 5.41) is 6.32. The van der Waals surface area contributed by atoms with Gasteiger partial charge in [0.1, 0.15) is 0 Å². The molecule has 8 atom stereocenters. The van der Waals surface area contributed by atoms with Crippen molar-refractivity contribution in [1.29, 1.82) is 0 Å². The molecule has 8 aliphatic carbocycles. The van der Waals surface area contributed by atoms with Gasteiger partial charge in [-0.3, -0.25) is 0 Å². The maximum atomic E-state index is 11.7. The zero-order valence-corrected chi connectivity index (χ0v) is 76.3. The van der Waals surface area contributed by atoms with Crippen LogP contribution >= 0.6 is 17.2 Å². The number of allylic oxidation sites excluding steroid dienone is 32. The standard InChI is InChI=1S/2C45H56Si3.2ClH.Hf/c2*1-28-26-40-36(34-22-30(3)44(31(4)23-34)47(8,9)10)18-14-16-20-38(40)42(28)46(7)43-29(2)27-41-37(19-15-17-21-39(41)43)35-24-32(5)45(33(6)25-35)48(11,12)13;;;/h2*14-27,36-37,46H,1-13H3;2*1H;/q;;;;+2/p-2. The van der Waals surface area contributed by atoms with Crippen molar-refractivity contribution in [2.45, 2.75) is 210 Å². The van der Waals surface area contributed by atoms with E-state index in [1.165, 1.54) is 134 Å². The van der Waals surface area contributed by atoms with Crippen molar-refractivity contribution in [3.63, 3.8) is 0 Å². The van der Waals surface area contributed by atoms with Crippen LogP contribution in [-0.2, 0) is 14.7 Å². The first-order chi connectivity index (χ1) is 46.1. The predicted molar refractivity (Wildman–Crippen MR) is 451 cm³/mol. The third kappa shape index (κ3) is 8.27. The summed E-state index contributed by atoms with van der Waals surface area (Å²) in [5.41, 5.74) is 33.9. The van der Waals surface area contributed by atoms with Crippen molar-refractivity contribution in [3.8, 4) is 0 Å². The third-order valence-corrected chi connectivity index (χ3v) is 154. The molecule has 8 unspecified atom stereocenters. The summed E-state index contributed by atoms with van der Waals surface area (Å²) in [5.74, 6) is -0.0308. The quantitative estimate of drug-likeness (QED) is 0.154. The van der Waals surface area contributed by atoms with Crippen molar-refractivity contribution in [3.05, 3.63) is 304 Å². The zero-order valence-electron chi connectivity index (χ0n) is 64.9. The second kappa shape index (κ2) is 22.5. The van der Waals surface area contributed by atoms with Crippen molar-refractivity contribution < 1.29 is 14.7 Å². The Morgan fingerprint density at radius 1 is 0.293 bits per heavy atom. The normalized spacial score (nSPS) is 31.2. The van der Waals surface area contributed by atoms with Gasteiger partial charge in [0, 0.05) is 0 Å². The summed E-state index contributed by atoms with van der Waals surface area (Å²) in [4.78, 5) is 0. The fourth-order valence-electron chi connectivity index (χ4n) is 27.3. The monoisotopic (exact) mass is 1610 g/mol. The van der Waals surface area contributed by atoms with E-state index in [2.05, 4.69) is 345 Å². The van der Waals surface area contributed by atoms with Crippen LogP contribution in [0.5, 0.6) is 0 Å². The van der Waals surface area contributed by atoms with Crippen molar-refractivity contribution >= 4 is 87.8 Å². The van der Waals surface area contributed by atoms with Gasteiger partial charge in [0.25, 0.3) is 0 Å². The van der Waals surface area contributed by atoms with E-state index in [1.54, 1.807) is 20.7 Å². The molecule has 2 saturated heterocycles. The average Bonchev–Trinajstić information content (AvgIpc) is 1.52. The van der Waals surface area contributed by atoms with E-state index < -0.39 is 75.7 Å². The fraction of sp³-hybridized carbons (Fsp3) is 0.378. The molecule has 0 radical (unpaired) electrons. The van der Waals surface area contributed by atoms with Crippen LogP contribution < -0.4 is 20.7 Å². The predicted octanol–water partition coefficient (Wildman–Crippen LogP) is 23.4. The number of aryl methyl sites for hydroxylation is 8. The molecule has 4 aromatic rings. The van der Waals surface area contributed by atoms with Gasteiger partial charge in [0.2, 0.25) is 0 Å². The van der Waals surface area contributed by atoms with Gasteiger partial charge in [0.15, 0.2) is 0 Å². The Morgan fingerprint density at radius 2 is 0.465 bits per heavy atom. The summed E-state index contributed by atoms with van der Waals surface area (Å²) < 4.78 is -2.77. The molecule has 10 aliphatic rings. The summed E-state index contributed by atoms with van der Waals surface area (Å²) in [6.07, 6.45) is 50.8. The van der Waals surface area contributed by atoms with Gasteiger partial charge in [0.05, 0.1) is 0 Å². The Labute approximate surface area is 609 Å².